The van der Waals surface area contributed by atoms with E-state index in [4.69, 9.17) is 5.11 Å². The third-order valence-electron chi connectivity index (χ3n) is 3.30. The molecule has 0 bridgehead atoms. The molecule has 2 unspecified atom stereocenters. The Bertz CT molecular complexity index is 507. The van der Waals surface area contributed by atoms with Crippen molar-refractivity contribution in [1.29, 1.82) is 0 Å². The number of aryl methyl sites for hydroxylation is 1. The molecule has 0 saturated heterocycles. The lowest BCUT2D eigenvalue weighted by atomic mass is 9.82. The maximum Gasteiger partial charge on any atom is 0.307 e. The third kappa shape index (κ3) is 3.21. The van der Waals surface area contributed by atoms with Crippen LogP contribution in [0, 0.1) is 11.8 Å². The lowest BCUT2D eigenvalue weighted by Gasteiger charge is -2.24. The molecule has 2 rings (SSSR count). The summed E-state index contributed by atoms with van der Waals surface area (Å²) in [7, 11) is 1.80. The van der Waals surface area contributed by atoms with Crippen molar-refractivity contribution >= 4 is 11.9 Å². The topological polar surface area (TPSA) is 84.2 Å². The van der Waals surface area contributed by atoms with Gasteiger partial charge in [-0.05, 0) is 18.9 Å². The van der Waals surface area contributed by atoms with E-state index in [1.54, 1.807) is 17.9 Å². The van der Waals surface area contributed by atoms with Gasteiger partial charge >= 0.3 is 5.97 Å². The molecule has 2 N–H and O–H groups in total. The standard InChI is InChI=1S/C13H17N3O3/c1-16-7-6-9(15-16)8-14-12(17)10-4-2-3-5-11(10)13(18)19/h2-3,6-7,10-11H,4-5,8H2,1H3,(H,14,17)(H,18,19). The number of allylic oxidation sites excluding steroid dienone is 2. The normalized spacial score (nSPS) is 22.2. The zero-order valence-corrected chi connectivity index (χ0v) is 10.7. The third-order valence-corrected chi connectivity index (χ3v) is 3.30. The van der Waals surface area contributed by atoms with Gasteiger partial charge in [0.25, 0.3) is 0 Å². The van der Waals surface area contributed by atoms with Crippen LogP contribution in [0.1, 0.15) is 18.5 Å². The minimum atomic E-state index is -0.915. The van der Waals surface area contributed by atoms with Crippen molar-refractivity contribution in [1.82, 2.24) is 15.1 Å². The van der Waals surface area contributed by atoms with E-state index in [1.165, 1.54) is 0 Å². The molecule has 6 heteroatoms. The van der Waals surface area contributed by atoms with Crippen LogP contribution >= 0.6 is 0 Å². The van der Waals surface area contributed by atoms with Crippen molar-refractivity contribution in [3.05, 3.63) is 30.1 Å². The molecule has 0 spiro atoms. The summed E-state index contributed by atoms with van der Waals surface area (Å²) in [4.78, 5) is 23.2. The van der Waals surface area contributed by atoms with Gasteiger partial charge < -0.3 is 10.4 Å². The van der Waals surface area contributed by atoms with Gasteiger partial charge in [-0.3, -0.25) is 14.3 Å². The van der Waals surface area contributed by atoms with Crippen molar-refractivity contribution in [3.63, 3.8) is 0 Å². The highest BCUT2D eigenvalue weighted by Gasteiger charge is 2.33. The van der Waals surface area contributed by atoms with E-state index < -0.39 is 17.8 Å². The van der Waals surface area contributed by atoms with Gasteiger partial charge in [0, 0.05) is 13.2 Å². The van der Waals surface area contributed by atoms with Gasteiger partial charge in [0.1, 0.15) is 0 Å². The number of aliphatic carboxylic acids is 1. The molecule has 1 heterocycles. The number of nitrogens with one attached hydrogen (secondary N) is 1. The summed E-state index contributed by atoms with van der Waals surface area (Å²) in [6, 6.07) is 1.82. The Labute approximate surface area is 111 Å². The van der Waals surface area contributed by atoms with Gasteiger partial charge in [-0.15, -0.1) is 0 Å². The summed E-state index contributed by atoms with van der Waals surface area (Å²) >= 11 is 0. The maximum absolute atomic E-state index is 12.1. The zero-order chi connectivity index (χ0) is 13.8. The number of carbonyl (C=O) groups excluding carboxylic acids is 1. The van der Waals surface area contributed by atoms with Gasteiger partial charge in [0.15, 0.2) is 0 Å². The number of aromatic nitrogens is 2. The largest absolute Gasteiger partial charge is 0.481 e. The molecule has 1 aromatic heterocycles. The quantitative estimate of drug-likeness (QED) is 0.783. The number of carboxylic acid groups (broad SMARTS) is 1. The van der Waals surface area contributed by atoms with Crippen molar-refractivity contribution in [2.75, 3.05) is 0 Å². The molecule has 0 aromatic carbocycles. The smallest absolute Gasteiger partial charge is 0.307 e. The van der Waals surface area contributed by atoms with Crippen molar-refractivity contribution in [2.24, 2.45) is 18.9 Å². The zero-order valence-electron chi connectivity index (χ0n) is 10.7. The van der Waals surface area contributed by atoms with Crippen molar-refractivity contribution in [2.45, 2.75) is 19.4 Å². The number of hydrogen-bond acceptors (Lipinski definition) is 3. The first-order valence-electron chi connectivity index (χ1n) is 6.22. The van der Waals surface area contributed by atoms with Crippen LogP contribution in [0.15, 0.2) is 24.4 Å². The second-order valence-electron chi connectivity index (χ2n) is 4.69. The number of carbonyl (C=O) groups is 2. The number of carboxylic acids is 1. The van der Waals surface area contributed by atoms with E-state index in [2.05, 4.69) is 10.4 Å². The minimum Gasteiger partial charge on any atom is -0.481 e. The SMILES string of the molecule is Cn1ccc(CNC(=O)C2CC=CCC2C(=O)O)n1. The fourth-order valence-electron chi connectivity index (χ4n) is 2.24. The molecule has 0 aliphatic heterocycles. The second-order valence-corrected chi connectivity index (χ2v) is 4.69. The fraction of sp³-hybridized carbons (Fsp3) is 0.462. The Kier molecular flexibility index (Phi) is 3.99. The first-order chi connectivity index (χ1) is 9.08. The molecule has 0 radical (unpaired) electrons. The van der Waals surface area contributed by atoms with Crippen LogP contribution in [0.2, 0.25) is 0 Å². The van der Waals surface area contributed by atoms with Crippen LogP contribution in [0.3, 0.4) is 0 Å². The second kappa shape index (κ2) is 5.69. The van der Waals surface area contributed by atoms with Crippen LogP contribution < -0.4 is 5.32 Å². The van der Waals surface area contributed by atoms with E-state index >= 15 is 0 Å². The first kappa shape index (κ1) is 13.3. The average Bonchev–Trinajstić information content (AvgIpc) is 2.81. The summed E-state index contributed by atoms with van der Waals surface area (Å²) in [6.07, 6.45) is 6.37. The van der Waals surface area contributed by atoms with E-state index in [0.717, 1.165) is 5.69 Å². The highest BCUT2D eigenvalue weighted by atomic mass is 16.4. The summed E-state index contributed by atoms with van der Waals surface area (Å²) in [6.45, 7) is 0.326. The summed E-state index contributed by atoms with van der Waals surface area (Å²) in [5, 5.41) is 16.0. The summed E-state index contributed by atoms with van der Waals surface area (Å²) < 4.78 is 1.66. The lowest BCUT2D eigenvalue weighted by Crippen LogP contribution is -2.38. The molecular weight excluding hydrogens is 246 g/mol. The Morgan fingerprint density at radius 2 is 2.11 bits per heavy atom. The van der Waals surface area contributed by atoms with Crippen LogP contribution in [-0.2, 0) is 23.2 Å². The molecule has 1 amide bonds. The lowest BCUT2D eigenvalue weighted by molar-refractivity contribution is -0.147. The van der Waals surface area contributed by atoms with Gasteiger partial charge in [-0.25, -0.2) is 0 Å². The highest BCUT2D eigenvalue weighted by Crippen LogP contribution is 2.26. The Morgan fingerprint density at radius 3 is 2.68 bits per heavy atom. The Balaban J connectivity index is 1.95. The van der Waals surface area contributed by atoms with Crippen LogP contribution in [-0.4, -0.2) is 26.8 Å². The monoisotopic (exact) mass is 263 g/mol. The molecular formula is C13H17N3O3. The summed E-state index contributed by atoms with van der Waals surface area (Å²) in [5.41, 5.74) is 0.758. The molecule has 19 heavy (non-hydrogen) atoms. The highest BCUT2D eigenvalue weighted by molar-refractivity contribution is 5.85. The van der Waals surface area contributed by atoms with Crippen LogP contribution in [0.4, 0.5) is 0 Å². The number of hydrogen-bond donors (Lipinski definition) is 2. The molecule has 6 nitrogen and oxygen atoms in total. The Hall–Kier alpha value is -2.11. The predicted octanol–water partition coefficient (Wildman–Crippen LogP) is 0.703. The van der Waals surface area contributed by atoms with E-state index in [0.29, 0.717) is 19.4 Å². The molecule has 0 fully saturated rings. The van der Waals surface area contributed by atoms with Crippen LogP contribution in [0.5, 0.6) is 0 Å². The van der Waals surface area contributed by atoms with Gasteiger partial charge in [0.05, 0.1) is 24.1 Å². The van der Waals surface area contributed by atoms with Crippen LogP contribution in [0.25, 0.3) is 0 Å². The summed E-state index contributed by atoms with van der Waals surface area (Å²) in [5.74, 6) is -2.26. The fourth-order valence-corrected chi connectivity index (χ4v) is 2.24. The molecule has 0 saturated carbocycles. The minimum absolute atomic E-state index is 0.220. The number of amides is 1. The molecule has 102 valence electrons. The molecule has 2 atom stereocenters. The predicted molar refractivity (Wildman–Crippen MR) is 68.0 cm³/mol. The molecule has 1 aliphatic carbocycles. The number of rotatable bonds is 4. The average molecular weight is 263 g/mol. The van der Waals surface area contributed by atoms with Gasteiger partial charge in [-0.1, -0.05) is 12.2 Å². The van der Waals surface area contributed by atoms with E-state index in [-0.39, 0.29) is 5.91 Å². The van der Waals surface area contributed by atoms with Crippen molar-refractivity contribution < 1.29 is 14.7 Å². The Morgan fingerprint density at radius 1 is 1.42 bits per heavy atom. The first-order valence-corrected chi connectivity index (χ1v) is 6.22. The van der Waals surface area contributed by atoms with Gasteiger partial charge in [-0.2, -0.15) is 5.10 Å². The van der Waals surface area contributed by atoms with E-state index in [9.17, 15) is 9.59 Å². The van der Waals surface area contributed by atoms with Crippen molar-refractivity contribution in [3.8, 4) is 0 Å². The van der Waals surface area contributed by atoms with E-state index in [1.807, 2.05) is 18.2 Å². The van der Waals surface area contributed by atoms with Gasteiger partial charge in [0.2, 0.25) is 5.91 Å². The maximum atomic E-state index is 12.1. The molecule has 1 aromatic rings. The number of nitrogens with zero attached hydrogens (tertiary/aromatic N) is 2. The molecule has 1 aliphatic rings.